The van der Waals surface area contributed by atoms with E-state index in [0.717, 1.165) is 6.07 Å². The molecular weight excluding hydrogens is 469 g/mol. The van der Waals surface area contributed by atoms with Crippen LogP contribution in [0.25, 0.3) is 0 Å². The van der Waals surface area contributed by atoms with Crippen LogP contribution in [-0.2, 0) is 10.0 Å². The van der Waals surface area contributed by atoms with Gasteiger partial charge in [-0.1, -0.05) is 0 Å². The Balaban J connectivity index is 1.42. The lowest BCUT2D eigenvalue weighted by Gasteiger charge is -2.31. The summed E-state index contributed by atoms with van der Waals surface area (Å²) >= 11 is 1.34. The number of hydrogen-bond donors (Lipinski definition) is 2. The number of sulfonamides is 1. The summed E-state index contributed by atoms with van der Waals surface area (Å²) in [6.07, 6.45) is 2.41. The molecule has 1 aliphatic rings. The van der Waals surface area contributed by atoms with Crippen molar-refractivity contribution in [3.05, 3.63) is 58.2 Å². The third-order valence-electron chi connectivity index (χ3n) is 5.39. The standard InChI is InChI=1S/C21H22FN5O4S2/c1-31-18-3-2-13(22)10-16(18)19(28)17-11-24-21(26-20(17)23)25-14-4-7-27(8-5-14)33(29,30)15-6-9-32-12-15/h2-3,6,9-12,14H,4-5,7-8H2,1H3,(H3,23,24,25,26). The minimum absolute atomic E-state index is 0.0210. The Morgan fingerprint density at radius 1 is 1.27 bits per heavy atom. The smallest absolute Gasteiger partial charge is 0.243 e. The lowest BCUT2D eigenvalue weighted by Crippen LogP contribution is -2.42. The van der Waals surface area contributed by atoms with Crippen LogP contribution in [0.1, 0.15) is 28.8 Å². The van der Waals surface area contributed by atoms with Crippen LogP contribution in [0.15, 0.2) is 46.1 Å². The van der Waals surface area contributed by atoms with Gasteiger partial charge in [0.25, 0.3) is 0 Å². The molecule has 12 heteroatoms. The predicted octanol–water partition coefficient (Wildman–Crippen LogP) is 2.76. The molecule has 2 aromatic heterocycles. The molecule has 0 atom stereocenters. The minimum Gasteiger partial charge on any atom is -0.496 e. The number of ketones is 1. The van der Waals surface area contributed by atoms with Crippen LogP contribution in [0, 0.1) is 5.82 Å². The molecule has 0 spiro atoms. The summed E-state index contributed by atoms with van der Waals surface area (Å²) in [5.41, 5.74) is 6.04. The first-order chi connectivity index (χ1) is 15.8. The minimum atomic E-state index is -3.48. The number of rotatable bonds is 7. The van der Waals surface area contributed by atoms with Gasteiger partial charge < -0.3 is 15.8 Å². The molecule has 0 radical (unpaired) electrons. The van der Waals surface area contributed by atoms with Crippen molar-refractivity contribution in [1.29, 1.82) is 0 Å². The van der Waals surface area contributed by atoms with E-state index in [2.05, 4.69) is 15.3 Å². The van der Waals surface area contributed by atoms with Crippen molar-refractivity contribution < 1.29 is 22.3 Å². The number of piperidine rings is 1. The second kappa shape index (κ2) is 9.41. The largest absolute Gasteiger partial charge is 0.496 e. The first-order valence-corrected chi connectivity index (χ1v) is 12.5. The quantitative estimate of drug-likeness (QED) is 0.483. The van der Waals surface area contributed by atoms with Crippen LogP contribution in [0.4, 0.5) is 16.2 Å². The summed E-state index contributed by atoms with van der Waals surface area (Å²) in [6, 6.07) is 5.18. The molecule has 9 nitrogen and oxygen atoms in total. The van der Waals surface area contributed by atoms with E-state index in [4.69, 9.17) is 10.5 Å². The highest BCUT2D eigenvalue weighted by atomic mass is 32.2. The predicted molar refractivity (Wildman–Crippen MR) is 123 cm³/mol. The summed E-state index contributed by atoms with van der Waals surface area (Å²) < 4.78 is 45.5. The molecule has 0 unspecified atom stereocenters. The molecule has 1 aromatic carbocycles. The molecule has 1 saturated heterocycles. The van der Waals surface area contributed by atoms with Crippen molar-refractivity contribution >= 4 is 38.9 Å². The number of carbonyl (C=O) groups is 1. The Labute approximate surface area is 194 Å². The number of thiophene rings is 1. The van der Waals surface area contributed by atoms with Crippen LogP contribution in [0.5, 0.6) is 5.75 Å². The maximum Gasteiger partial charge on any atom is 0.243 e. The summed E-state index contributed by atoms with van der Waals surface area (Å²) in [5, 5.41) is 6.51. The van der Waals surface area contributed by atoms with E-state index in [1.165, 1.54) is 41.1 Å². The summed E-state index contributed by atoms with van der Waals surface area (Å²) in [4.78, 5) is 21.5. The molecule has 33 heavy (non-hydrogen) atoms. The summed E-state index contributed by atoms with van der Waals surface area (Å²) in [6.45, 7) is 0.725. The van der Waals surface area contributed by atoms with Gasteiger partial charge in [0.15, 0.2) is 0 Å². The van der Waals surface area contributed by atoms with Crippen molar-refractivity contribution in [2.75, 3.05) is 31.2 Å². The fourth-order valence-electron chi connectivity index (χ4n) is 3.61. The lowest BCUT2D eigenvalue weighted by molar-refractivity contribution is 0.103. The first-order valence-electron chi connectivity index (χ1n) is 10.1. The third kappa shape index (κ3) is 4.82. The summed E-state index contributed by atoms with van der Waals surface area (Å²) in [7, 11) is -2.10. The van der Waals surface area contributed by atoms with Crippen molar-refractivity contribution in [3.8, 4) is 5.75 Å². The van der Waals surface area contributed by atoms with Gasteiger partial charge >= 0.3 is 0 Å². The Bertz CT molecular complexity index is 1260. The number of halogens is 1. The van der Waals surface area contributed by atoms with Gasteiger partial charge in [0.05, 0.1) is 23.1 Å². The third-order valence-corrected chi connectivity index (χ3v) is 8.12. The average molecular weight is 492 g/mol. The molecule has 3 N–H and O–H groups in total. The fourth-order valence-corrected chi connectivity index (χ4v) is 6.10. The molecule has 0 amide bonds. The van der Waals surface area contributed by atoms with Crippen LogP contribution < -0.4 is 15.8 Å². The zero-order valence-electron chi connectivity index (χ0n) is 17.7. The topological polar surface area (TPSA) is 128 Å². The fraction of sp³-hybridized carbons (Fsp3) is 0.286. The zero-order chi connectivity index (χ0) is 23.6. The van der Waals surface area contributed by atoms with Crippen molar-refractivity contribution in [1.82, 2.24) is 14.3 Å². The number of aromatic nitrogens is 2. The highest BCUT2D eigenvalue weighted by molar-refractivity contribution is 7.89. The Morgan fingerprint density at radius 2 is 2.03 bits per heavy atom. The number of nitrogen functional groups attached to an aromatic ring is 1. The molecule has 0 bridgehead atoms. The molecule has 174 valence electrons. The average Bonchev–Trinajstić information content (AvgIpc) is 3.35. The van der Waals surface area contributed by atoms with E-state index in [9.17, 15) is 17.6 Å². The van der Waals surface area contributed by atoms with Gasteiger partial charge in [0, 0.05) is 30.7 Å². The van der Waals surface area contributed by atoms with Crippen LogP contribution in [-0.4, -0.2) is 54.7 Å². The normalized spacial score (nSPS) is 15.3. The van der Waals surface area contributed by atoms with E-state index in [1.54, 1.807) is 16.8 Å². The van der Waals surface area contributed by atoms with Gasteiger partial charge in [-0.25, -0.2) is 17.8 Å². The maximum absolute atomic E-state index is 13.6. The first kappa shape index (κ1) is 23.1. The number of anilines is 2. The zero-order valence-corrected chi connectivity index (χ0v) is 19.3. The van der Waals surface area contributed by atoms with E-state index < -0.39 is 21.6 Å². The number of nitrogens with zero attached hydrogens (tertiary/aromatic N) is 3. The van der Waals surface area contributed by atoms with Crippen LogP contribution in [0.3, 0.4) is 0 Å². The van der Waals surface area contributed by atoms with E-state index in [-0.39, 0.29) is 34.7 Å². The van der Waals surface area contributed by atoms with E-state index in [0.29, 0.717) is 30.8 Å². The summed E-state index contributed by atoms with van der Waals surface area (Å²) in [5.74, 6) is -0.741. The molecule has 0 saturated carbocycles. The molecule has 3 aromatic rings. The van der Waals surface area contributed by atoms with Crippen LogP contribution >= 0.6 is 11.3 Å². The number of nitrogens with one attached hydrogen (secondary N) is 1. The van der Waals surface area contributed by atoms with Crippen molar-refractivity contribution in [2.24, 2.45) is 0 Å². The van der Waals surface area contributed by atoms with Gasteiger partial charge in [-0.15, -0.1) is 0 Å². The van der Waals surface area contributed by atoms with Crippen molar-refractivity contribution in [3.63, 3.8) is 0 Å². The monoisotopic (exact) mass is 491 g/mol. The van der Waals surface area contributed by atoms with E-state index in [1.807, 2.05) is 0 Å². The number of nitrogens with two attached hydrogens (primary N) is 1. The number of carbonyl (C=O) groups excluding carboxylic acids is 1. The maximum atomic E-state index is 13.6. The molecule has 1 aliphatic heterocycles. The molecule has 1 fully saturated rings. The highest BCUT2D eigenvalue weighted by Crippen LogP contribution is 2.26. The second-order valence-electron chi connectivity index (χ2n) is 7.45. The van der Waals surface area contributed by atoms with E-state index >= 15 is 0 Å². The number of methoxy groups -OCH3 is 1. The molecule has 3 heterocycles. The molecular formula is C21H22FN5O4S2. The van der Waals surface area contributed by atoms with Gasteiger partial charge in [-0.05, 0) is 42.5 Å². The Kier molecular flexibility index (Phi) is 6.58. The SMILES string of the molecule is COc1ccc(F)cc1C(=O)c1cnc(NC2CCN(S(=O)(=O)c3ccsc3)CC2)nc1N. The number of benzene rings is 1. The van der Waals surface area contributed by atoms with Crippen molar-refractivity contribution in [2.45, 2.75) is 23.8 Å². The van der Waals surface area contributed by atoms with Gasteiger partial charge in [-0.2, -0.15) is 20.6 Å². The van der Waals surface area contributed by atoms with Gasteiger partial charge in [-0.3, -0.25) is 4.79 Å². The number of hydrogen-bond acceptors (Lipinski definition) is 9. The second-order valence-corrected chi connectivity index (χ2v) is 10.2. The van der Waals surface area contributed by atoms with Gasteiger partial charge in [0.1, 0.15) is 17.4 Å². The lowest BCUT2D eigenvalue weighted by atomic mass is 10.0. The Morgan fingerprint density at radius 3 is 2.67 bits per heavy atom. The van der Waals surface area contributed by atoms with Crippen LogP contribution in [0.2, 0.25) is 0 Å². The highest BCUT2D eigenvalue weighted by Gasteiger charge is 2.30. The van der Waals surface area contributed by atoms with Gasteiger partial charge in [0.2, 0.25) is 21.8 Å². The Hall–Kier alpha value is -3.09. The number of ether oxygens (including phenoxy) is 1. The molecule has 4 rings (SSSR count). The molecule has 0 aliphatic carbocycles.